The van der Waals surface area contributed by atoms with Crippen LogP contribution < -0.4 is 5.90 Å². The van der Waals surface area contributed by atoms with Gasteiger partial charge < -0.3 is 19.8 Å². The largest absolute Gasteiger partial charge is 0.508 e. The number of nitrogens with zero attached hydrogens (tertiary/aromatic N) is 1. The van der Waals surface area contributed by atoms with Crippen LogP contribution in [0.15, 0.2) is 28.8 Å². The zero-order valence-electron chi connectivity index (χ0n) is 19.4. The number of ketones is 1. The molecule has 0 bridgehead atoms. The van der Waals surface area contributed by atoms with Gasteiger partial charge in [-0.15, -0.1) is 0 Å². The maximum Gasteiger partial charge on any atom is 0.455 e. The molecule has 0 atom stereocenters. The van der Waals surface area contributed by atoms with Gasteiger partial charge in [0, 0.05) is 11.1 Å². The number of rotatable bonds is 5. The van der Waals surface area contributed by atoms with Gasteiger partial charge in [0.25, 0.3) is 5.78 Å². The summed E-state index contributed by atoms with van der Waals surface area (Å²) in [6, 6.07) is 4.15. The molecule has 0 saturated heterocycles. The topological polar surface area (TPSA) is 139 Å². The van der Waals surface area contributed by atoms with E-state index in [1.807, 2.05) is 6.92 Å². The van der Waals surface area contributed by atoms with Crippen molar-refractivity contribution >= 4 is 28.6 Å². The Balaban J connectivity index is 0. The number of benzene rings is 2. The summed E-state index contributed by atoms with van der Waals surface area (Å²) < 4.78 is 82.3. The standard InChI is InChI=1S/C11H10F3NO2.C11H11F3O3.2CH4.ClH2NO/c1-2-3-6-8(16)5-4-7-9(6)17-15-10(7)11(12,13)14;1-2-3-6-8(15)5-4-7(9(6)16)10(17)11(12,13)14;;;1-3-2/h4-5,16H,2-3H2,1H3;4-5,15-16H,2-3H2,1H3;2*1H4;2H2. The van der Waals surface area contributed by atoms with E-state index >= 15 is 0 Å². The molecule has 0 radical (unpaired) electrons. The Labute approximate surface area is 226 Å². The Hall–Kier alpha value is -3.23. The first-order valence-electron chi connectivity index (χ1n) is 10.5. The number of phenols is 3. The van der Waals surface area contributed by atoms with E-state index < -0.39 is 35.1 Å². The summed E-state index contributed by atoms with van der Waals surface area (Å²) in [4.78, 5) is 11.0. The first-order valence-corrected chi connectivity index (χ1v) is 10.8. The van der Waals surface area contributed by atoms with Crippen LogP contribution in [0.25, 0.3) is 11.0 Å². The molecule has 0 fully saturated rings. The van der Waals surface area contributed by atoms with E-state index in [-0.39, 0.29) is 49.3 Å². The lowest BCUT2D eigenvalue weighted by Gasteiger charge is -2.11. The summed E-state index contributed by atoms with van der Waals surface area (Å²) in [6.07, 6.45) is -7.75. The molecule has 2 aromatic carbocycles. The molecule has 1 aromatic heterocycles. The number of phenolic OH excluding ortho intramolecular Hbond substituents is 3. The number of Topliss-reactive ketones (excluding diaryl/α,β-unsaturated/α-hetero) is 1. The number of aromatic nitrogens is 1. The van der Waals surface area contributed by atoms with Crippen LogP contribution in [-0.2, 0) is 23.4 Å². The molecule has 0 aliphatic rings. The van der Waals surface area contributed by atoms with Crippen LogP contribution >= 0.6 is 11.9 Å². The molecular formula is C24H31ClF6N2O6. The number of fused-ring (bicyclic) bond motifs is 1. The molecule has 5 N–H and O–H groups in total. The summed E-state index contributed by atoms with van der Waals surface area (Å²) in [7, 11) is 0. The molecule has 222 valence electrons. The maximum absolute atomic E-state index is 12.6. The van der Waals surface area contributed by atoms with E-state index in [4.69, 9.17) is 4.52 Å². The second-order valence-corrected chi connectivity index (χ2v) is 7.52. The van der Waals surface area contributed by atoms with Gasteiger partial charge in [0.1, 0.15) is 17.2 Å². The van der Waals surface area contributed by atoms with Gasteiger partial charge >= 0.3 is 12.4 Å². The van der Waals surface area contributed by atoms with Gasteiger partial charge in [-0.2, -0.15) is 36.6 Å². The Morgan fingerprint density at radius 2 is 1.41 bits per heavy atom. The molecule has 39 heavy (non-hydrogen) atoms. The lowest BCUT2D eigenvalue weighted by atomic mass is 10.0. The second kappa shape index (κ2) is 16.0. The Kier molecular flexibility index (Phi) is 15.6. The second-order valence-electron chi connectivity index (χ2n) is 7.34. The Morgan fingerprint density at radius 1 is 0.949 bits per heavy atom. The monoisotopic (exact) mass is 592 g/mol. The molecule has 3 rings (SSSR count). The Bertz CT molecular complexity index is 1200. The molecule has 0 aliphatic carbocycles. The van der Waals surface area contributed by atoms with E-state index in [9.17, 15) is 46.5 Å². The van der Waals surface area contributed by atoms with Gasteiger partial charge in [-0.1, -0.05) is 46.7 Å². The van der Waals surface area contributed by atoms with Crippen molar-refractivity contribution in [3.05, 3.63) is 46.6 Å². The maximum atomic E-state index is 12.6. The zero-order valence-corrected chi connectivity index (χ0v) is 20.1. The van der Waals surface area contributed by atoms with Crippen molar-refractivity contribution in [1.82, 2.24) is 5.16 Å². The van der Waals surface area contributed by atoms with Crippen LogP contribution in [0.1, 0.15) is 68.7 Å². The van der Waals surface area contributed by atoms with E-state index in [1.54, 1.807) is 6.92 Å². The van der Waals surface area contributed by atoms with Crippen LogP contribution in [0, 0.1) is 0 Å². The third kappa shape index (κ3) is 9.79. The van der Waals surface area contributed by atoms with Crippen LogP contribution in [0.5, 0.6) is 17.2 Å². The number of aryl methyl sites for hydroxylation is 1. The molecule has 3 aromatic rings. The van der Waals surface area contributed by atoms with Gasteiger partial charge in [-0.05, 0) is 37.1 Å². The number of alkyl halides is 6. The fourth-order valence-corrected chi connectivity index (χ4v) is 3.20. The molecule has 0 amide bonds. The smallest absolute Gasteiger partial charge is 0.455 e. The fourth-order valence-electron chi connectivity index (χ4n) is 3.20. The first kappa shape index (κ1) is 37.9. The Morgan fingerprint density at radius 3 is 1.87 bits per heavy atom. The number of carbonyl (C=O) groups excluding carboxylic acids is 1. The minimum atomic E-state index is -5.04. The lowest BCUT2D eigenvalue weighted by Crippen LogP contribution is -2.23. The van der Waals surface area contributed by atoms with Crippen molar-refractivity contribution in [2.75, 3.05) is 0 Å². The predicted octanol–water partition coefficient (Wildman–Crippen LogP) is 7.60. The normalized spacial score (nSPS) is 10.8. The van der Waals surface area contributed by atoms with Crippen molar-refractivity contribution in [3.63, 3.8) is 0 Å². The van der Waals surface area contributed by atoms with Crippen molar-refractivity contribution in [1.29, 1.82) is 0 Å². The summed E-state index contributed by atoms with van der Waals surface area (Å²) in [5.41, 5.74) is -1.54. The molecule has 8 nitrogen and oxygen atoms in total. The van der Waals surface area contributed by atoms with Crippen molar-refractivity contribution in [3.8, 4) is 17.2 Å². The minimum Gasteiger partial charge on any atom is -0.508 e. The van der Waals surface area contributed by atoms with Gasteiger partial charge in [0.15, 0.2) is 11.3 Å². The van der Waals surface area contributed by atoms with E-state index in [0.717, 1.165) is 12.1 Å². The summed E-state index contributed by atoms with van der Waals surface area (Å²) >= 11 is 4.28. The van der Waals surface area contributed by atoms with E-state index in [2.05, 4.69) is 27.3 Å². The number of nitrogens with two attached hydrogens (primary N) is 1. The zero-order chi connectivity index (χ0) is 28.6. The van der Waals surface area contributed by atoms with Crippen molar-refractivity contribution < 1.29 is 55.4 Å². The summed E-state index contributed by atoms with van der Waals surface area (Å²) in [5.74, 6) is 0.815. The molecule has 0 aliphatic heterocycles. The fraction of sp³-hybridized carbons (Fsp3) is 0.417. The highest BCUT2D eigenvalue weighted by atomic mass is 35.5. The molecule has 0 saturated carbocycles. The number of aromatic hydroxyl groups is 3. The van der Waals surface area contributed by atoms with Crippen LogP contribution in [0.4, 0.5) is 26.3 Å². The van der Waals surface area contributed by atoms with Crippen molar-refractivity contribution in [2.24, 2.45) is 5.90 Å². The first-order chi connectivity index (χ1) is 17.1. The SMILES string of the molecule is C.C.CCCc1c(O)ccc(C(=O)C(F)(F)F)c1O.CCCc1c(O)ccc2c(C(F)(F)F)noc12.NOCl. The third-order valence-electron chi connectivity index (χ3n) is 4.75. The average molecular weight is 593 g/mol. The van der Waals surface area contributed by atoms with Gasteiger partial charge in [-0.3, -0.25) is 4.79 Å². The summed E-state index contributed by atoms with van der Waals surface area (Å²) in [6.45, 7) is 3.59. The van der Waals surface area contributed by atoms with E-state index in [0.29, 0.717) is 24.8 Å². The molecule has 1 heterocycles. The van der Waals surface area contributed by atoms with Crippen LogP contribution in [0.3, 0.4) is 0 Å². The molecule has 0 unspecified atom stereocenters. The number of hydrogen-bond donors (Lipinski definition) is 4. The predicted molar refractivity (Wildman–Crippen MR) is 133 cm³/mol. The van der Waals surface area contributed by atoms with E-state index in [1.165, 1.54) is 12.1 Å². The van der Waals surface area contributed by atoms with Gasteiger partial charge in [0.2, 0.25) is 0 Å². The highest BCUT2D eigenvalue weighted by Gasteiger charge is 2.41. The molecule has 15 heteroatoms. The minimum absolute atomic E-state index is 0. The lowest BCUT2D eigenvalue weighted by molar-refractivity contribution is -0.141. The number of hydrogen-bond acceptors (Lipinski definition) is 8. The van der Waals surface area contributed by atoms with Crippen molar-refractivity contribution in [2.45, 2.75) is 66.7 Å². The highest BCUT2D eigenvalue weighted by molar-refractivity contribution is 6.07. The van der Waals surface area contributed by atoms with Crippen LogP contribution in [0.2, 0.25) is 0 Å². The van der Waals surface area contributed by atoms with Gasteiger partial charge in [-0.25, -0.2) is 0 Å². The quantitative estimate of drug-likeness (QED) is 0.135. The van der Waals surface area contributed by atoms with Gasteiger partial charge in [0.05, 0.1) is 22.8 Å². The van der Waals surface area contributed by atoms with Crippen LogP contribution in [-0.4, -0.2) is 32.4 Å². The highest BCUT2D eigenvalue weighted by Crippen LogP contribution is 2.38. The third-order valence-corrected chi connectivity index (χ3v) is 4.75. The summed E-state index contributed by atoms with van der Waals surface area (Å²) in [5, 5.41) is 31.4. The molecule has 0 spiro atoms. The number of halogens is 7. The number of carbonyl (C=O) groups is 1. The average Bonchev–Trinajstić information content (AvgIpc) is 3.24. The molecular weight excluding hydrogens is 562 g/mol.